The standard InChI is InChI=1S/C29H35NO3/c1-2-3-4-16-28(31)20-17-21-10-9-11-22(18-20)30(21)29(32)33-19-27-25-14-7-5-12-23(25)24-13-6-8-15-26(24)27/h5-8,12-15,20-22,27H,2-4,9-11,16-19H2,1H3. The van der Waals surface area contributed by atoms with Gasteiger partial charge in [-0.05, 0) is 60.8 Å². The Bertz CT molecular complexity index is 956. The van der Waals surface area contributed by atoms with Gasteiger partial charge >= 0.3 is 6.09 Å². The minimum atomic E-state index is -0.191. The fraction of sp³-hybridized carbons (Fsp3) is 0.517. The highest BCUT2D eigenvalue weighted by atomic mass is 16.6. The molecule has 2 atom stereocenters. The van der Waals surface area contributed by atoms with Crippen molar-refractivity contribution in [2.75, 3.05) is 6.61 Å². The van der Waals surface area contributed by atoms with E-state index in [0.29, 0.717) is 18.8 Å². The van der Waals surface area contributed by atoms with Crippen LogP contribution in [0.4, 0.5) is 4.79 Å². The molecule has 2 aliphatic heterocycles. The van der Waals surface area contributed by atoms with Crippen LogP contribution in [0.15, 0.2) is 48.5 Å². The monoisotopic (exact) mass is 445 g/mol. The van der Waals surface area contributed by atoms with E-state index in [1.807, 2.05) is 4.90 Å². The molecule has 0 radical (unpaired) electrons. The highest BCUT2D eigenvalue weighted by molar-refractivity contribution is 5.82. The molecule has 3 aliphatic rings. The summed E-state index contributed by atoms with van der Waals surface area (Å²) in [6, 6.07) is 17.2. The summed E-state index contributed by atoms with van der Waals surface area (Å²) in [5.74, 6) is 0.612. The van der Waals surface area contributed by atoms with Crippen molar-refractivity contribution in [1.29, 1.82) is 0 Å². The number of carbonyl (C=O) groups is 2. The maximum absolute atomic E-state index is 13.3. The van der Waals surface area contributed by atoms with Gasteiger partial charge in [0.2, 0.25) is 0 Å². The quantitative estimate of drug-likeness (QED) is 0.445. The Morgan fingerprint density at radius 1 is 0.909 bits per heavy atom. The second-order valence-corrected chi connectivity index (χ2v) is 10.0. The lowest BCUT2D eigenvalue weighted by Gasteiger charge is -2.47. The number of amides is 1. The minimum absolute atomic E-state index is 0.0823. The molecule has 1 amide bonds. The van der Waals surface area contributed by atoms with Crippen molar-refractivity contribution in [3.63, 3.8) is 0 Å². The van der Waals surface area contributed by atoms with Crippen molar-refractivity contribution in [1.82, 2.24) is 4.90 Å². The maximum Gasteiger partial charge on any atom is 0.410 e. The van der Waals surface area contributed by atoms with Gasteiger partial charge in [-0.1, -0.05) is 68.3 Å². The Hall–Kier alpha value is -2.62. The van der Waals surface area contributed by atoms with Gasteiger partial charge in [0.05, 0.1) is 0 Å². The number of ether oxygens (including phenoxy) is 1. The Balaban J connectivity index is 1.25. The zero-order chi connectivity index (χ0) is 22.8. The predicted molar refractivity (Wildman–Crippen MR) is 130 cm³/mol. The molecule has 2 saturated heterocycles. The molecule has 1 aliphatic carbocycles. The first-order valence-corrected chi connectivity index (χ1v) is 12.8. The van der Waals surface area contributed by atoms with Crippen LogP contribution in [-0.4, -0.2) is 35.5 Å². The molecule has 2 aromatic carbocycles. The van der Waals surface area contributed by atoms with Crippen molar-refractivity contribution < 1.29 is 14.3 Å². The summed E-state index contributed by atoms with van der Waals surface area (Å²) in [5.41, 5.74) is 4.97. The minimum Gasteiger partial charge on any atom is -0.448 e. The molecule has 2 heterocycles. The first kappa shape index (κ1) is 22.2. The zero-order valence-corrected chi connectivity index (χ0v) is 19.7. The summed E-state index contributed by atoms with van der Waals surface area (Å²) < 4.78 is 5.99. The number of fused-ring (bicyclic) bond motifs is 5. The van der Waals surface area contributed by atoms with Gasteiger partial charge < -0.3 is 9.64 Å². The number of ketones is 1. The molecular weight excluding hydrogens is 410 g/mol. The lowest BCUT2D eigenvalue weighted by molar-refractivity contribution is -0.126. The van der Waals surface area contributed by atoms with E-state index < -0.39 is 0 Å². The van der Waals surface area contributed by atoms with Crippen LogP contribution in [0, 0.1) is 5.92 Å². The van der Waals surface area contributed by atoms with E-state index in [2.05, 4.69) is 55.5 Å². The fourth-order valence-electron chi connectivity index (χ4n) is 6.36. The Morgan fingerprint density at radius 3 is 2.12 bits per heavy atom. The van der Waals surface area contributed by atoms with Gasteiger partial charge in [-0.3, -0.25) is 4.79 Å². The number of piperidine rings is 2. The van der Waals surface area contributed by atoms with Gasteiger partial charge in [-0.2, -0.15) is 0 Å². The largest absolute Gasteiger partial charge is 0.448 e. The number of nitrogens with zero attached hydrogens (tertiary/aromatic N) is 1. The highest BCUT2D eigenvalue weighted by Crippen LogP contribution is 2.45. The van der Waals surface area contributed by atoms with Crippen molar-refractivity contribution >= 4 is 11.9 Å². The molecule has 5 rings (SSSR count). The van der Waals surface area contributed by atoms with Gasteiger partial charge in [-0.25, -0.2) is 4.79 Å². The van der Waals surface area contributed by atoms with Crippen LogP contribution in [0.3, 0.4) is 0 Å². The van der Waals surface area contributed by atoms with E-state index in [-0.39, 0.29) is 30.0 Å². The molecule has 4 nitrogen and oxygen atoms in total. The molecule has 2 unspecified atom stereocenters. The number of rotatable bonds is 7. The fourth-order valence-corrected chi connectivity index (χ4v) is 6.36. The summed E-state index contributed by atoms with van der Waals surface area (Å²) in [7, 11) is 0. The van der Waals surface area contributed by atoms with E-state index in [1.165, 1.54) is 22.3 Å². The number of hydrogen-bond donors (Lipinski definition) is 0. The second-order valence-electron chi connectivity index (χ2n) is 10.0. The van der Waals surface area contributed by atoms with Crippen LogP contribution in [-0.2, 0) is 9.53 Å². The molecule has 0 saturated carbocycles. The lowest BCUT2D eigenvalue weighted by atomic mass is 9.76. The topological polar surface area (TPSA) is 46.6 Å². The van der Waals surface area contributed by atoms with Gasteiger partial charge in [0, 0.05) is 30.3 Å². The molecule has 2 bridgehead atoms. The van der Waals surface area contributed by atoms with E-state index in [9.17, 15) is 9.59 Å². The van der Waals surface area contributed by atoms with Crippen LogP contribution in [0.1, 0.15) is 81.8 Å². The molecule has 174 valence electrons. The molecule has 0 spiro atoms. The SMILES string of the molecule is CCCCCC(=O)C1CC2CCCC(C1)N2C(=O)OCC1c2ccccc2-c2ccccc21. The van der Waals surface area contributed by atoms with Crippen LogP contribution in [0.5, 0.6) is 0 Å². The van der Waals surface area contributed by atoms with Crippen molar-refractivity contribution in [2.24, 2.45) is 5.92 Å². The third-order valence-corrected chi connectivity index (χ3v) is 8.00. The average molecular weight is 446 g/mol. The number of hydrogen-bond acceptors (Lipinski definition) is 3. The number of carbonyl (C=O) groups excluding carboxylic acids is 2. The van der Waals surface area contributed by atoms with Crippen LogP contribution < -0.4 is 0 Å². The Kier molecular flexibility index (Phi) is 6.52. The molecule has 0 aromatic heterocycles. The molecule has 0 N–H and O–H groups in total. The van der Waals surface area contributed by atoms with E-state index >= 15 is 0 Å². The summed E-state index contributed by atoms with van der Waals surface area (Å²) in [5, 5.41) is 0. The zero-order valence-electron chi connectivity index (χ0n) is 19.7. The first-order chi connectivity index (χ1) is 16.2. The smallest absolute Gasteiger partial charge is 0.410 e. The summed E-state index contributed by atoms with van der Waals surface area (Å²) in [6.45, 7) is 2.53. The van der Waals surface area contributed by atoms with Crippen molar-refractivity contribution in [3.8, 4) is 11.1 Å². The van der Waals surface area contributed by atoms with E-state index in [1.54, 1.807) is 0 Å². The third-order valence-electron chi connectivity index (χ3n) is 8.00. The summed E-state index contributed by atoms with van der Waals surface area (Å²) in [4.78, 5) is 28.1. The number of Topliss-reactive ketones (excluding diaryl/α,β-unsaturated/α-hetero) is 1. The van der Waals surface area contributed by atoms with Crippen molar-refractivity contribution in [3.05, 3.63) is 59.7 Å². The maximum atomic E-state index is 13.3. The molecule has 4 heteroatoms. The average Bonchev–Trinajstić information content (AvgIpc) is 3.15. The number of unbranched alkanes of at least 4 members (excludes halogenated alkanes) is 2. The number of benzene rings is 2. The first-order valence-electron chi connectivity index (χ1n) is 12.8. The normalized spacial score (nSPS) is 23.7. The lowest BCUT2D eigenvalue weighted by Crippen LogP contribution is -2.55. The van der Waals surface area contributed by atoms with E-state index in [0.717, 1.165) is 51.4 Å². The molecule has 2 fully saturated rings. The van der Waals surface area contributed by atoms with Crippen LogP contribution in [0.2, 0.25) is 0 Å². The molecule has 2 aromatic rings. The van der Waals surface area contributed by atoms with Gasteiger partial charge in [-0.15, -0.1) is 0 Å². The molecule has 33 heavy (non-hydrogen) atoms. The third kappa shape index (κ3) is 4.32. The van der Waals surface area contributed by atoms with Crippen molar-refractivity contribution in [2.45, 2.75) is 82.7 Å². The highest BCUT2D eigenvalue weighted by Gasteiger charge is 2.43. The van der Waals surface area contributed by atoms with Gasteiger partial charge in [0.25, 0.3) is 0 Å². The second kappa shape index (κ2) is 9.70. The van der Waals surface area contributed by atoms with E-state index in [4.69, 9.17) is 4.74 Å². The van der Waals surface area contributed by atoms with Crippen LogP contribution >= 0.6 is 0 Å². The Morgan fingerprint density at radius 2 is 1.52 bits per heavy atom. The Labute approximate surface area is 197 Å². The van der Waals surface area contributed by atoms with Crippen LogP contribution in [0.25, 0.3) is 11.1 Å². The summed E-state index contributed by atoms with van der Waals surface area (Å²) in [6.07, 6.45) is 8.49. The molecular formula is C29H35NO3. The predicted octanol–water partition coefficient (Wildman–Crippen LogP) is 6.72. The summed E-state index contributed by atoms with van der Waals surface area (Å²) >= 11 is 0. The van der Waals surface area contributed by atoms with Gasteiger partial charge in [0.15, 0.2) is 0 Å². The van der Waals surface area contributed by atoms with Gasteiger partial charge in [0.1, 0.15) is 12.4 Å².